The van der Waals surface area contributed by atoms with Crippen LogP contribution in [0.2, 0.25) is 0 Å². The minimum absolute atomic E-state index is 0.0710. The third kappa shape index (κ3) is 8.15. The van der Waals surface area contributed by atoms with Crippen LogP contribution in [-0.4, -0.2) is 12.7 Å². The Morgan fingerprint density at radius 3 is 2.20 bits per heavy atom. The summed E-state index contributed by atoms with van der Waals surface area (Å²) >= 11 is 0. The second kappa shape index (κ2) is 13.2. The molecule has 3 rings (SSSR count). The fourth-order valence-electron chi connectivity index (χ4n) is 4.79. The molecular formula is C29H38F4O2. The van der Waals surface area contributed by atoms with E-state index >= 15 is 0 Å². The Balaban J connectivity index is 1.51. The molecule has 35 heavy (non-hydrogen) atoms. The summed E-state index contributed by atoms with van der Waals surface area (Å²) < 4.78 is 67.6. The lowest BCUT2D eigenvalue weighted by molar-refractivity contribution is -0.180. The molecule has 0 atom stereocenters. The molecule has 0 saturated heterocycles. The van der Waals surface area contributed by atoms with Gasteiger partial charge in [0.05, 0.1) is 13.0 Å². The van der Waals surface area contributed by atoms with Crippen LogP contribution in [0.15, 0.2) is 36.4 Å². The first-order chi connectivity index (χ1) is 16.8. The van der Waals surface area contributed by atoms with Crippen LogP contribution in [0.1, 0.15) is 95.1 Å². The number of halogens is 4. The van der Waals surface area contributed by atoms with Gasteiger partial charge in [-0.2, -0.15) is 13.2 Å². The van der Waals surface area contributed by atoms with Gasteiger partial charge in [0.1, 0.15) is 5.75 Å². The van der Waals surface area contributed by atoms with Crippen molar-refractivity contribution in [3.05, 3.63) is 59.2 Å². The molecule has 1 aliphatic rings. The van der Waals surface area contributed by atoms with E-state index in [1.165, 1.54) is 44.2 Å². The standard InChI is InChI=1S/C29H38F4O2/c1-3-5-7-21-8-10-22(11-9-21)23-12-15-25(16-13-23)35-29(32,33)19-18-24-14-17-26(28(31)27(24)30)34-20-6-4-2/h12-17,21-22H,3-11,18-20H2,1-2H3. The normalized spacial score (nSPS) is 18.5. The number of benzene rings is 2. The first kappa shape index (κ1) is 27.3. The first-order valence-electron chi connectivity index (χ1n) is 13.1. The van der Waals surface area contributed by atoms with Crippen LogP contribution in [-0.2, 0) is 6.42 Å². The maximum absolute atomic E-state index is 14.4. The van der Waals surface area contributed by atoms with Gasteiger partial charge < -0.3 is 9.47 Å². The molecule has 1 aliphatic carbocycles. The third-order valence-electron chi connectivity index (χ3n) is 7.00. The zero-order chi connectivity index (χ0) is 25.3. The minimum Gasteiger partial charge on any atom is -0.490 e. The molecule has 0 spiro atoms. The number of aryl methyl sites for hydroxylation is 1. The summed E-state index contributed by atoms with van der Waals surface area (Å²) in [6, 6.07) is 9.48. The van der Waals surface area contributed by atoms with Gasteiger partial charge >= 0.3 is 6.11 Å². The Labute approximate surface area is 207 Å². The van der Waals surface area contributed by atoms with Gasteiger partial charge in [0, 0.05) is 0 Å². The molecule has 2 aromatic carbocycles. The van der Waals surface area contributed by atoms with E-state index in [9.17, 15) is 17.6 Å². The Bertz CT molecular complexity index is 906. The van der Waals surface area contributed by atoms with Crippen LogP contribution in [0.4, 0.5) is 17.6 Å². The van der Waals surface area contributed by atoms with Gasteiger partial charge in [-0.05, 0) is 79.7 Å². The monoisotopic (exact) mass is 494 g/mol. The smallest absolute Gasteiger partial charge is 0.398 e. The summed E-state index contributed by atoms with van der Waals surface area (Å²) in [6.07, 6.45) is 5.50. The van der Waals surface area contributed by atoms with Gasteiger partial charge in [-0.25, -0.2) is 4.39 Å². The van der Waals surface area contributed by atoms with Crippen LogP contribution in [0.5, 0.6) is 11.5 Å². The van der Waals surface area contributed by atoms with Crippen molar-refractivity contribution in [3.8, 4) is 11.5 Å². The van der Waals surface area contributed by atoms with Gasteiger partial charge in [0.25, 0.3) is 0 Å². The van der Waals surface area contributed by atoms with Crippen molar-refractivity contribution >= 4 is 0 Å². The van der Waals surface area contributed by atoms with Gasteiger partial charge in [0.15, 0.2) is 11.6 Å². The largest absolute Gasteiger partial charge is 0.490 e. The fraction of sp³-hybridized carbons (Fsp3) is 0.586. The highest BCUT2D eigenvalue weighted by Gasteiger charge is 2.32. The van der Waals surface area contributed by atoms with E-state index in [2.05, 4.69) is 6.92 Å². The quantitative estimate of drug-likeness (QED) is 0.204. The number of hydrogen-bond acceptors (Lipinski definition) is 2. The highest BCUT2D eigenvalue weighted by molar-refractivity contribution is 5.32. The average Bonchev–Trinajstić information content (AvgIpc) is 2.85. The average molecular weight is 495 g/mol. The number of hydrogen-bond donors (Lipinski definition) is 0. The number of alkyl halides is 2. The van der Waals surface area contributed by atoms with E-state index in [4.69, 9.17) is 9.47 Å². The van der Waals surface area contributed by atoms with E-state index in [-0.39, 0.29) is 30.1 Å². The van der Waals surface area contributed by atoms with Crippen molar-refractivity contribution in [3.63, 3.8) is 0 Å². The van der Waals surface area contributed by atoms with Crippen LogP contribution < -0.4 is 9.47 Å². The lowest BCUT2D eigenvalue weighted by Gasteiger charge is -2.29. The molecule has 0 heterocycles. The number of rotatable bonds is 13. The molecule has 0 aliphatic heterocycles. The molecule has 1 fully saturated rings. The molecule has 0 aromatic heterocycles. The molecule has 194 valence electrons. The maximum Gasteiger partial charge on any atom is 0.398 e. The highest BCUT2D eigenvalue weighted by Crippen LogP contribution is 2.38. The van der Waals surface area contributed by atoms with Crippen molar-refractivity contribution in [1.82, 2.24) is 0 Å². The molecule has 0 radical (unpaired) electrons. The van der Waals surface area contributed by atoms with Gasteiger partial charge in [-0.15, -0.1) is 0 Å². The van der Waals surface area contributed by atoms with Crippen LogP contribution in [0, 0.1) is 17.6 Å². The second-order valence-corrected chi connectivity index (χ2v) is 9.72. The van der Waals surface area contributed by atoms with Crippen LogP contribution >= 0.6 is 0 Å². The number of ether oxygens (including phenoxy) is 2. The molecule has 0 N–H and O–H groups in total. The second-order valence-electron chi connectivity index (χ2n) is 9.72. The van der Waals surface area contributed by atoms with Crippen molar-refractivity contribution in [2.24, 2.45) is 5.92 Å². The van der Waals surface area contributed by atoms with Gasteiger partial charge in [-0.3, -0.25) is 0 Å². The fourth-order valence-corrected chi connectivity index (χ4v) is 4.79. The van der Waals surface area contributed by atoms with Crippen molar-refractivity contribution in [2.75, 3.05) is 6.61 Å². The first-order valence-corrected chi connectivity index (χ1v) is 13.1. The van der Waals surface area contributed by atoms with E-state index in [1.54, 1.807) is 12.1 Å². The summed E-state index contributed by atoms with van der Waals surface area (Å²) in [5.74, 6) is -1.13. The Morgan fingerprint density at radius 1 is 0.857 bits per heavy atom. The maximum atomic E-state index is 14.4. The predicted octanol–water partition coefficient (Wildman–Crippen LogP) is 9.21. The summed E-state index contributed by atoms with van der Waals surface area (Å²) in [4.78, 5) is 0. The van der Waals surface area contributed by atoms with Crippen LogP contribution in [0.25, 0.3) is 0 Å². The zero-order valence-electron chi connectivity index (χ0n) is 20.9. The Hall–Kier alpha value is -2.24. The summed E-state index contributed by atoms with van der Waals surface area (Å²) in [5.41, 5.74) is 1.03. The van der Waals surface area contributed by atoms with Crippen molar-refractivity contribution in [1.29, 1.82) is 0 Å². The lowest BCUT2D eigenvalue weighted by Crippen LogP contribution is -2.25. The molecule has 0 bridgehead atoms. The number of unbranched alkanes of at least 4 members (excludes halogenated alkanes) is 2. The van der Waals surface area contributed by atoms with E-state index in [1.807, 2.05) is 19.1 Å². The van der Waals surface area contributed by atoms with E-state index < -0.39 is 24.2 Å². The summed E-state index contributed by atoms with van der Waals surface area (Å²) in [5, 5.41) is 0. The predicted molar refractivity (Wildman–Crippen MR) is 131 cm³/mol. The Kier molecular flexibility index (Phi) is 10.3. The van der Waals surface area contributed by atoms with E-state index in [0.717, 1.165) is 30.7 Å². The molecule has 2 aromatic rings. The molecule has 1 saturated carbocycles. The van der Waals surface area contributed by atoms with Gasteiger partial charge in [-0.1, -0.05) is 57.7 Å². The summed E-state index contributed by atoms with van der Waals surface area (Å²) in [7, 11) is 0. The molecule has 6 heteroatoms. The molecule has 0 amide bonds. The zero-order valence-corrected chi connectivity index (χ0v) is 20.9. The third-order valence-corrected chi connectivity index (χ3v) is 7.00. The highest BCUT2D eigenvalue weighted by atomic mass is 19.3. The topological polar surface area (TPSA) is 18.5 Å². The minimum atomic E-state index is -3.50. The SMILES string of the molecule is CCCCOc1ccc(CCC(F)(F)Oc2ccc(C3CCC(CCCC)CC3)cc2)c(F)c1F. The molecule has 0 unspecified atom stereocenters. The molecular weight excluding hydrogens is 456 g/mol. The van der Waals surface area contributed by atoms with Gasteiger partial charge in [0.2, 0.25) is 5.82 Å². The molecule has 2 nitrogen and oxygen atoms in total. The van der Waals surface area contributed by atoms with Crippen molar-refractivity contribution in [2.45, 2.75) is 96.5 Å². The Morgan fingerprint density at radius 2 is 1.54 bits per heavy atom. The van der Waals surface area contributed by atoms with E-state index in [0.29, 0.717) is 12.3 Å². The van der Waals surface area contributed by atoms with Crippen LogP contribution in [0.3, 0.4) is 0 Å². The summed E-state index contributed by atoms with van der Waals surface area (Å²) in [6.45, 7) is 4.45. The van der Waals surface area contributed by atoms with Crippen molar-refractivity contribution < 1.29 is 27.0 Å². The lowest BCUT2D eigenvalue weighted by atomic mass is 9.77.